The maximum absolute atomic E-state index is 9.22. The predicted molar refractivity (Wildman–Crippen MR) is 110 cm³/mol. The van der Waals surface area contributed by atoms with Gasteiger partial charge in [-0.15, -0.1) is 0 Å². The van der Waals surface area contributed by atoms with Crippen molar-refractivity contribution in [1.82, 2.24) is 10.6 Å². The second-order valence-electron chi connectivity index (χ2n) is 6.34. The number of ether oxygens (including phenoxy) is 2. The molecule has 1 unspecified atom stereocenters. The van der Waals surface area contributed by atoms with E-state index in [1.165, 1.54) is 0 Å². The van der Waals surface area contributed by atoms with E-state index in [-0.39, 0.29) is 6.10 Å². The highest BCUT2D eigenvalue weighted by molar-refractivity contribution is 6.32. The minimum absolute atomic E-state index is 0.332. The molecule has 2 aromatic rings. The summed E-state index contributed by atoms with van der Waals surface area (Å²) in [6, 6.07) is 13.8. The van der Waals surface area contributed by atoms with Gasteiger partial charge in [0, 0.05) is 26.2 Å². The topological polar surface area (TPSA) is 62.8 Å². The lowest BCUT2D eigenvalue weighted by Gasteiger charge is -2.16. The largest absolute Gasteiger partial charge is 0.490 e. The fourth-order valence-electron chi connectivity index (χ4n) is 2.58. The van der Waals surface area contributed by atoms with E-state index < -0.39 is 0 Å². The molecule has 0 heterocycles. The molecule has 148 valence electrons. The summed E-state index contributed by atoms with van der Waals surface area (Å²) in [6.07, 6.45) is -0.332. The standard InChI is InChI=1S/C21H29ClN2O3/c1-3-26-20-12-18(14-24-10-9-23-13-16(2)25)11-19(22)21(20)27-15-17-7-5-4-6-8-17/h4-8,11-12,16,23-25H,3,9-10,13-15H2,1-2H3. The lowest BCUT2D eigenvalue weighted by atomic mass is 10.2. The van der Waals surface area contributed by atoms with Gasteiger partial charge < -0.3 is 25.2 Å². The molecule has 3 N–H and O–H groups in total. The third-order valence-corrected chi connectivity index (χ3v) is 4.12. The highest BCUT2D eigenvalue weighted by atomic mass is 35.5. The number of aliphatic hydroxyl groups is 1. The first-order chi connectivity index (χ1) is 13.1. The van der Waals surface area contributed by atoms with Crippen LogP contribution in [-0.2, 0) is 13.2 Å². The lowest BCUT2D eigenvalue weighted by Crippen LogP contribution is -2.31. The zero-order chi connectivity index (χ0) is 19.5. The molecule has 0 fully saturated rings. The molecule has 0 aliphatic heterocycles. The zero-order valence-electron chi connectivity index (χ0n) is 16.0. The van der Waals surface area contributed by atoms with Crippen LogP contribution in [0.4, 0.5) is 0 Å². The van der Waals surface area contributed by atoms with Crippen LogP contribution < -0.4 is 20.1 Å². The van der Waals surface area contributed by atoms with Crippen LogP contribution in [0.25, 0.3) is 0 Å². The zero-order valence-corrected chi connectivity index (χ0v) is 16.8. The van der Waals surface area contributed by atoms with Gasteiger partial charge in [0.15, 0.2) is 11.5 Å². The van der Waals surface area contributed by atoms with Crippen molar-refractivity contribution in [3.63, 3.8) is 0 Å². The molecule has 1 atom stereocenters. The molecule has 0 spiro atoms. The van der Waals surface area contributed by atoms with Crippen molar-refractivity contribution in [3.05, 3.63) is 58.6 Å². The van der Waals surface area contributed by atoms with Crippen molar-refractivity contribution in [2.24, 2.45) is 0 Å². The van der Waals surface area contributed by atoms with Gasteiger partial charge in [0.25, 0.3) is 0 Å². The van der Waals surface area contributed by atoms with E-state index >= 15 is 0 Å². The van der Waals surface area contributed by atoms with Crippen molar-refractivity contribution in [3.8, 4) is 11.5 Å². The van der Waals surface area contributed by atoms with Crippen molar-refractivity contribution >= 4 is 11.6 Å². The van der Waals surface area contributed by atoms with E-state index in [1.54, 1.807) is 6.92 Å². The van der Waals surface area contributed by atoms with Crippen LogP contribution >= 0.6 is 11.6 Å². The molecule has 0 bridgehead atoms. The second kappa shape index (κ2) is 11.8. The SMILES string of the molecule is CCOc1cc(CNCCNCC(C)O)cc(Cl)c1OCc1ccccc1. The van der Waals surface area contributed by atoms with E-state index in [4.69, 9.17) is 21.1 Å². The lowest BCUT2D eigenvalue weighted by molar-refractivity contribution is 0.191. The summed E-state index contributed by atoms with van der Waals surface area (Å²) in [5.41, 5.74) is 2.11. The molecule has 0 aromatic heterocycles. The Morgan fingerprint density at radius 2 is 1.78 bits per heavy atom. The Kier molecular flexibility index (Phi) is 9.42. The molecule has 0 aliphatic carbocycles. The van der Waals surface area contributed by atoms with Crippen molar-refractivity contribution in [1.29, 1.82) is 0 Å². The number of hydrogen-bond acceptors (Lipinski definition) is 5. The van der Waals surface area contributed by atoms with Gasteiger partial charge in [0.05, 0.1) is 17.7 Å². The van der Waals surface area contributed by atoms with Gasteiger partial charge in [-0.3, -0.25) is 0 Å². The summed E-state index contributed by atoms with van der Waals surface area (Å²) in [4.78, 5) is 0. The Morgan fingerprint density at radius 1 is 1.04 bits per heavy atom. The Balaban J connectivity index is 1.93. The number of aliphatic hydroxyl groups excluding tert-OH is 1. The third kappa shape index (κ3) is 7.77. The summed E-state index contributed by atoms with van der Waals surface area (Å²) in [6.45, 7) is 7.53. The average molecular weight is 393 g/mol. The Labute approximate surface area is 166 Å². The highest BCUT2D eigenvalue weighted by Crippen LogP contribution is 2.37. The normalized spacial score (nSPS) is 12.0. The molecule has 0 saturated carbocycles. The third-order valence-electron chi connectivity index (χ3n) is 3.84. The van der Waals surface area contributed by atoms with Gasteiger partial charge >= 0.3 is 0 Å². The number of rotatable bonds is 12. The molecule has 0 radical (unpaired) electrons. The van der Waals surface area contributed by atoms with Gasteiger partial charge in [-0.1, -0.05) is 41.9 Å². The van der Waals surface area contributed by atoms with E-state index in [2.05, 4.69) is 10.6 Å². The summed E-state index contributed by atoms with van der Waals surface area (Å²) in [5, 5.41) is 16.3. The predicted octanol–water partition coefficient (Wildman–Crippen LogP) is 3.38. The number of halogens is 1. The minimum Gasteiger partial charge on any atom is -0.490 e. The molecule has 5 nitrogen and oxygen atoms in total. The van der Waals surface area contributed by atoms with Gasteiger partial charge in [-0.2, -0.15) is 0 Å². The van der Waals surface area contributed by atoms with Gasteiger partial charge in [0.2, 0.25) is 0 Å². The maximum Gasteiger partial charge on any atom is 0.180 e. The van der Waals surface area contributed by atoms with Crippen LogP contribution in [0.2, 0.25) is 5.02 Å². The van der Waals surface area contributed by atoms with E-state index in [9.17, 15) is 5.11 Å². The fraction of sp³-hybridized carbons (Fsp3) is 0.429. The van der Waals surface area contributed by atoms with Crippen LogP contribution in [0.15, 0.2) is 42.5 Å². The first-order valence-corrected chi connectivity index (χ1v) is 9.69. The molecule has 6 heteroatoms. The number of hydrogen-bond donors (Lipinski definition) is 3. The Hall–Kier alpha value is -1.79. The van der Waals surface area contributed by atoms with Crippen molar-refractivity contribution in [2.45, 2.75) is 33.1 Å². The smallest absolute Gasteiger partial charge is 0.180 e. The van der Waals surface area contributed by atoms with E-state index in [0.29, 0.717) is 42.8 Å². The molecular formula is C21H29ClN2O3. The van der Waals surface area contributed by atoms with Crippen LogP contribution in [0.3, 0.4) is 0 Å². The highest BCUT2D eigenvalue weighted by Gasteiger charge is 2.13. The van der Waals surface area contributed by atoms with Crippen LogP contribution in [0.1, 0.15) is 25.0 Å². The molecular weight excluding hydrogens is 364 g/mol. The average Bonchev–Trinajstić information content (AvgIpc) is 2.65. The molecule has 27 heavy (non-hydrogen) atoms. The fourth-order valence-corrected chi connectivity index (χ4v) is 2.86. The van der Waals surface area contributed by atoms with Crippen LogP contribution in [0, 0.1) is 0 Å². The quantitative estimate of drug-likeness (QED) is 0.483. The molecule has 0 amide bonds. The van der Waals surface area contributed by atoms with E-state index in [0.717, 1.165) is 24.2 Å². The summed E-state index contributed by atoms with van der Waals surface area (Å²) >= 11 is 6.46. The molecule has 2 aromatic carbocycles. The van der Waals surface area contributed by atoms with Gasteiger partial charge in [0.1, 0.15) is 6.61 Å². The molecule has 0 saturated heterocycles. The number of nitrogens with one attached hydrogen (secondary N) is 2. The first kappa shape index (κ1) is 21.5. The summed E-state index contributed by atoms with van der Waals surface area (Å²) < 4.78 is 11.7. The summed E-state index contributed by atoms with van der Waals surface area (Å²) in [7, 11) is 0. The maximum atomic E-state index is 9.22. The Bertz CT molecular complexity index is 681. The Morgan fingerprint density at radius 3 is 2.48 bits per heavy atom. The van der Waals surface area contributed by atoms with Crippen molar-refractivity contribution in [2.75, 3.05) is 26.2 Å². The van der Waals surface area contributed by atoms with E-state index in [1.807, 2.05) is 49.4 Å². The second-order valence-corrected chi connectivity index (χ2v) is 6.75. The minimum atomic E-state index is -0.332. The molecule has 0 aliphatic rings. The van der Waals surface area contributed by atoms with Gasteiger partial charge in [-0.05, 0) is 37.1 Å². The van der Waals surface area contributed by atoms with Crippen LogP contribution in [-0.4, -0.2) is 37.5 Å². The number of benzene rings is 2. The van der Waals surface area contributed by atoms with Gasteiger partial charge in [-0.25, -0.2) is 0 Å². The monoisotopic (exact) mass is 392 g/mol. The molecule has 2 rings (SSSR count). The first-order valence-electron chi connectivity index (χ1n) is 9.31. The van der Waals surface area contributed by atoms with Crippen LogP contribution in [0.5, 0.6) is 11.5 Å². The summed E-state index contributed by atoms with van der Waals surface area (Å²) in [5.74, 6) is 1.23. The van der Waals surface area contributed by atoms with Crippen molar-refractivity contribution < 1.29 is 14.6 Å².